The van der Waals surface area contributed by atoms with Crippen LogP contribution in [0.2, 0.25) is 0 Å². The Morgan fingerprint density at radius 3 is 2.47 bits per heavy atom. The van der Waals surface area contributed by atoms with Crippen LogP contribution in [0.1, 0.15) is 39.0 Å². The molecule has 0 saturated heterocycles. The Morgan fingerprint density at radius 1 is 1.42 bits per heavy atom. The van der Waals surface area contributed by atoms with Gasteiger partial charge in [0.1, 0.15) is 0 Å². The average Bonchev–Trinajstić information content (AvgIpc) is 2.39. The molecule has 0 radical (unpaired) electrons. The van der Waals surface area contributed by atoms with Gasteiger partial charge >= 0.3 is 5.97 Å². The zero-order valence-corrected chi connectivity index (χ0v) is 12.3. The Labute approximate surface area is 114 Å². The van der Waals surface area contributed by atoms with Crippen molar-refractivity contribution in [3.05, 3.63) is 0 Å². The number of nitrogens with one attached hydrogen (secondary N) is 1. The second-order valence-corrected chi connectivity index (χ2v) is 7.21. The number of carbonyl (C=O) groups is 1. The van der Waals surface area contributed by atoms with Gasteiger partial charge in [0, 0.05) is 0 Å². The third-order valence-electron chi connectivity index (χ3n) is 3.71. The largest absolute Gasteiger partial charge is 0.469 e. The number of sulfonamides is 1. The molecular formula is C12H23NO5S. The maximum atomic E-state index is 11.9. The number of carbonyl (C=O) groups excluding carboxylic acids is 1. The summed E-state index contributed by atoms with van der Waals surface area (Å²) in [6.45, 7) is 1.91. The summed E-state index contributed by atoms with van der Waals surface area (Å²) < 4.78 is 30.9. The molecule has 1 rings (SSSR count). The Morgan fingerprint density at radius 2 is 2.00 bits per heavy atom. The Balaban J connectivity index is 2.61. The van der Waals surface area contributed by atoms with Gasteiger partial charge in [0.15, 0.2) is 0 Å². The van der Waals surface area contributed by atoms with Crippen molar-refractivity contribution in [2.45, 2.75) is 44.6 Å². The molecule has 0 spiro atoms. The van der Waals surface area contributed by atoms with Crippen LogP contribution in [-0.4, -0.2) is 44.5 Å². The van der Waals surface area contributed by atoms with Crippen molar-refractivity contribution >= 4 is 16.0 Å². The third kappa shape index (κ3) is 5.08. The molecule has 1 fully saturated rings. The van der Waals surface area contributed by atoms with Crippen molar-refractivity contribution in [3.8, 4) is 0 Å². The van der Waals surface area contributed by atoms with E-state index in [1.165, 1.54) is 7.11 Å². The first kappa shape index (κ1) is 16.4. The van der Waals surface area contributed by atoms with Gasteiger partial charge in [-0.05, 0) is 31.6 Å². The molecule has 19 heavy (non-hydrogen) atoms. The second-order valence-electron chi connectivity index (χ2n) is 5.37. The molecule has 1 aliphatic rings. The van der Waals surface area contributed by atoms with Crippen molar-refractivity contribution in [1.82, 2.24) is 4.72 Å². The van der Waals surface area contributed by atoms with Gasteiger partial charge in [-0.1, -0.05) is 6.92 Å². The van der Waals surface area contributed by atoms with E-state index in [1.807, 2.05) is 0 Å². The summed E-state index contributed by atoms with van der Waals surface area (Å²) in [6.07, 6.45) is 2.86. The standard InChI is InChI=1S/C12H23NO5S/c1-10-3-6-12(9-14,7-4-10)13-19(16,17)8-5-11(15)18-2/h10,13-14H,3-9H2,1-2H3. The van der Waals surface area contributed by atoms with Gasteiger partial charge < -0.3 is 9.84 Å². The number of rotatable bonds is 6. The summed E-state index contributed by atoms with van der Waals surface area (Å²) in [5, 5.41) is 9.50. The van der Waals surface area contributed by atoms with Crippen molar-refractivity contribution in [2.24, 2.45) is 5.92 Å². The van der Waals surface area contributed by atoms with E-state index in [4.69, 9.17) is 0 Å². The van der Waals surface area contributed by atoms with Crippen molar-refractivity contribution < 1.29 is 23.1 Å². The van der Waals surface area contributed by atoms with Gasteiger partial charge in [0.05, 0.1) is 31.4 Å². The van der Waals surface area contributed by atoms with E-state index in [2.05, 4.69) is 16.4 Å². The molecule has 6 nitrogen and oxygen atoms in total. The highest BCUT2D eigenvalue weighted by Crippen LogP contribution is 2.32. The highest BCUT2D eigenvalue weighted by atomic mass is 32.2. The van der Waals surface area contributed by atoms with Crippen LogP contribution in [0.3, 0.4) is 0 Å². The number of ether oxygens (including phenoxy) is 1. The Bertz CT molecular complexity index is 398. The molecule has 0 heterocycles. The molecule has 0 aromatic carbocycles. The monoisotopic (exact) mass is 293 g/mol. The van der Waals surface area contributed by atoms with Crippen LogP contribution in [0.15, 0.2) is 0 Å². The van der Waals surface area contributed by atoms with E-state index < -0.39 is 21.5 Å². The van der Waals surface area contributed by atoms with Crippen molar-refractivity contribution in [1.29, 1.82) is 0 Å². The minimum absolute atomic E-state index is 0.177. The Hall–Kier alpha value is -0.660. The zero-order valence-electron chi connectivity index (χ0n) is 11.5. The zero-order chi connectivity index (χ0) is 14.5. The molecule has 112 valence electrons. The SMILES string of the molecule is COC(=O)CCS(=O)(=O)NC1(CO)CCC(C)CC1. The van der Waals surface area contributed by atoms with E-state index in [0.29, 0.717) is 18.8 Å². The highest BCUT2D eigenvalue weighted by Gasteiger charge is 2.37. The van der Waals surface area contributed by atoms with Gasteiger partial charge in [-0.15, -0.1) is 0 Å². The fourth-order valence-corrected chi connectivity index (χ4v) is 3.77. The van der Waals surface area contributed by atoms with Gasteiger partial charge in [-0.25, -0.2) is 13.1 Å². The molecule has 1 saturated carbocycles. The fourth-order valence-electron chi connectivity index (χ4n) is 2.31. The smallest absolute Gasteiger partial charge is 0.306 e. The first-order chi connectivity index (χ1) is 8.82. The Kier molecular flexibility index (Phi) is 5.76. The van der Waals surface area contributed by atoms with Gasteiger partial charge in [-0.2, -0.15) is 0 Å². The lowest BCUT2D eigenvalue weighted by Crippen LogP contribution is -2.53. The lowest BCUT2D eigenvalue weighted by molar-refractivity contribution is -0.140. The van der Waals surface area contributed by atoms with Crippen LogP contribution < -0.4 is 4.72 Å². The maximum absolute atomic E-state index is 11.9. The van der Waals surface area contributed by atoms with Gasteiger partial charge in [0.25, 0.3) is 0 Å². The van der Waals surface area contributed by atoms with E-state index in [1.54, 1.807) is 0 Å². The van der Waals surface area contributed by atoms with E-state index in [0.717, 1.165) is 12.8 Å². The minimum atomic E-state index is -3.59. The summed E-state index contributed by atoms with van der Waals surface area (Å²) in [5.74, 6) is -0.309. The van der Waals surface area contributed by atoms with Crippen LogP contribution in [-0.2, 0) is 19.6 Å². The summed E-state index contributed by atoms with van der Waals surface area (Å²) in [7, 11) is -2.36. The number of hydrogen-bond acceptors (Lipinski definition) is 5. The van der Waals surface area contributed by atoms with Crippen LogP contribution in [0.5, 0.6) is 0 Å². The first-order valence-corrected chi connectivity index (χ1v) is 8.17. The molecule has 0 aliphatic heterocycles. The van der Waals surface area contributed by atoms with Crippen molar-refractivity contribution in [3.63, 3.8) is 0 Å². The molecule has 0 aromatic rings. The molecule has 0 bridgehead atoms. The first-order valence-electron chi connectivity index (χ1n) is 6.52. The van der Waals surface area contributed by atoms with E-state index in [-0.39, 0.29) is 18.8 Å². The number of aliphatic hydroxyl groups is 1. The third-order valence-corrected chi connectivity index (χ3v) is 5.19. The molecule has 1 aliphatic carbocycles. The molecule has 2 N–H and O–H groups in total. The normalized spacial score (nSPS) is 28.1. The van der Waals surface area contributed by atoms with Crippen LogP contribution in [0.4, 0.5) is 0 Å². The highest BCUT2D eigenvalue weighted by molar-refractivity contribution is 7.89. The quantitative estimate of drug-likeness (QED) is 0.692. The molecule has 7 heteroatoms. The topological polar surface area (TPSA) is 92.7 Å². The molecule has 0 unspecified atom stereocenters. The molecule has 0 atom stereocenters. The van der Waals surface area contributed by atoms with Gasteiger partial charge in [-0.3, -0.25) is 4.79 Å². The number of hydrogen-bond donors (Lipinski definition) is 2. The fraction of sp³-hybridized carbons (Fsp3) is 0.917. The van der Waals surface area contributed by atoms with Crippen LogP contribution in [0.25, 0.3) is 0 Å². The maximum Gasteiger partial charge on any atom is 0.306 e. The second kappa shape index (κ2) is 6.67. The lowest BCUT2D eigenvalue weighted by Gasteiger charge is -2.38. The minimum Gasteiger partial charge on any atom is -0.469 e. The van der Waals surface area contributed by atoms with E-state index in [9.17, 15) is 18.3 Å². The molecular weight excluding hydrogens is 270 g/mol. The van der Waals surface area contributed by atoms with E-state index >= 15 is 0 Å². The summed E-state index contributed by atoms with van der Waals surface area (Å²) in [6, 6.07) is 0. The van der Waals surface area contributed by atoms with Crippen LogP contribution >= 0.6 is 0 Å². The lowest BCUT2D eigenvalue weighted by atomic mass is 9.78. The van der Waals surface area contributed by atoms with Crippen LogP contribution in [0, 0.1) is 5.92 Å². The summed E-state index contributed by atoms with van der Waals surface area (Å²) in [5.41, 5.74) is -0.762. The molecule has 0 amide bonds. The average molecular weight is 293 g/mol. The predicted molar refractivity (Wildman–Crippen MR) is 71.0 cm³/mol. The summed E-state index contributed by atoms with van der Waals surface area (Å²) >= 11 is 0. The number of methoxy groups -OCH3 is 1. The predicted octanol–water partition coefficient (Wildman–Crippen LogP) is 0.410. The summed E-state index contributed by atoms with van der Waals surface area (Å²) in [4.78, 5) is 11.0. The number of aliphatic hydroxyl groups excluding tert-OH is 1. The van der Waals surface area contributed by atoms with Gasteiger partial charge in [0.2, 0.25) is 10.0 Å². The number of esters is 1. The molecule has 0 aromatic heterocycles. The van der Waals surface area contributed by atoms with Crippen molar-refractivity contribution in [2.75, 3.05) is 19.5 Å².